The Balaban J connectivity index is 1.85. The number of nitrogens with one attached hydrogen (secondary N) is 1. The van der Waals surface area contributed by atoms with Gasteiger partial charge in [-0.3, -0.25) is 0 Å². The third kappa shape index (κ3) is 5.79. The van der Waals surface area contributed by atoms with Crippen LogP contribution < -0.4 is 9.62 Å². The molecule has 0 saturated carbocycles. The zero-order valence-electron chi connectivity index (χ0n) is 13.9. The average Bonchev–Trinajstić information content (AvgIpc) is 2.59. The van der Waals surface area contributed by atoms with Crippen LogP contribution >= 0.6 is 0 Å². The van der Waals surface area contributed by atoms with Crippen molar-refractivity contribution in [1.29, 1.82) is 0 Å². The summed E-state index contributed by atoms with van der Waals surface area (Å²) in [6.45, 7) is 4.55. The summed E-state index contributed by atoms with van der Waals surface area (Å²) in [6, 6.07) is 8.06. The number of piperidine rings is 1. The van der Waals surface area contributed by atoms with Crippen LogP contribution in [0.2, 0.25) is 0 Å². The summed E-state index contributed by atoms with van der Waals surface area (Å²) in [5.41, 5.74) is 2.14. The number of anilines is 1. The van der Waals surface area contributed by atoms with Crippen LogP contribution in [0, 0.1) is 5.92 Å². The molecule has 1 aliphatic heterocycles. The lowest BCUT2D eigenvalue weighted by atomic mass is 9.97. The van der Waals surface area contributed by atoms with E-state index in [1.54, 1.807) is 0 Å². The molecule has 1 aliphatic rings. The summed E-state index contributed by atoms with van der Waals surface area (Å²) in [6.07, 6.45) is 3.62. The minimum atomic E-state index is -3.17. The van der Waals surface area contributed by atoms with Crippen molar-refractivity contribution in [3.8, 4) is 0 Å². The maximum absolute atomic E-state index is 11.8. The van der Waals surface area contributed by atoms with Crippen LogP contribution in [-0.2, 0) is 16.6 Å². The number of nitrogens with zero attached hydrogens (tertiary/aromatic N) is 1. The van der Waals surface area contributed by atoms with Gasteiger partial charge in [0.15, 0.2) is 0 Å². The van der Waals surface area contributed by atoms with Crippen molar-refractivity contribution >= 4 is 15.7 Å². The van der Waals surface area contributed by atoms with Crippen molar-refractivity contribution in [3.63, 3.8) is 0 Å². The molecule has 5 nitrogen and oxygen atoms in total. The van der Waals surface area contributed by atoms with Crippen LogP contribution in [0.3, 0.4) is 0 Å². The van der Waals surface area contributed by atoms with Gasteiger partial charge in [-0.25, -0.2) is 13.1 Å². The van der Waals surface area contributed by atoms with Crippen LogP contribution in [-0.4, -0.2) is 39.0 Å². The fraction of sp³-hybridized carbons (Fsp3) is 0.647. The molecule has 0 spiro atoms. The molecule has 0 unspecified atom stereocenters. The summed E-state index contributed by atoms with van der Waals surface area (Å²) in [5, 5.41) is 9.19. The first-order valence-corrected chi connectivity index (χ1v) is 10.1. The van der Waals surface area contributed by atoms with Gasteiger partial charge in [0.1, 0.15) is 0 Å². The molecular weight excluding hydrogens is 312 g/mol. The number of aliphatic hydroxyl groups excluding tert-OH is 1. The SMILES string of the molecule is CCCCS(=O)(=O)NCc1ccc(N2CCC(CO)CC2)cc1. The van der Waals surface area contributed by atoms with E-state index in [0.29, 0.717) is 18.9 Å². The number of benzene rings is 1. The van der Waals surface area contributed by atoms with Gasteiger partial charge in [-0.15, -0.1) is 0 Å². The van der Waals surface area contributed by atoms with Gasteiger partial charge >= 0.3 is 0 Å². The van der Waals surface area contributed by atoms with Crippen molar-refractivity contribution in [1.82, 2.24) is 4.72 Å². The highest BCUT2D eigenvalue weighted by molar-refractivity contribution is 7.89. The first-order valence-electron chi connectivity index (χ1n) is 8.46. The van der Waals surface area contributed by atoms with E-state index in [-0.39, 0.29) is 12.4 Å². The molecule has 0 amide bonds. The molecule has 0 atom stereocenters. The van der Waals surface area contributed by atoms with Crippen molar-refractivity contribution in [3.05, 3.63) is 29.8 Å². The highest BCUT2D eigenvalue weighted by atomic mass is 32.2. The standard InChI is InChI=1S/C17H28N2O3S/c1-2-3-12-23(21,22)18-13-15-4-6-17(7-5-15)19-10-8-16(14-20)9-11-19/h4-7,16,18,20H,2-3,8-14H2,1H3. The zero-order valence-corrected chi connectivity index (χ0v) is 14.7. The van der Waals surface area contributed by atoms with Gasteiger partial charge in [0.25, 0.3) is 0 Å². The molecule has 1 aromatic carbocycles. The van der Waals surface area contributed by atoms with Crippen LogP contribution in [0.25, 0.3) is 0 Å². The number of hydrogen-bond donors (Lipinski definition) is 2. The van der Waals surface area contributed by atoms with Crippen molar-refractivity contribution in [2.75, 3.05) is 30.3 Å². The van der Waals surface area contributed by atoms with E-state index >= 15 is 0 Å². The van der Waals surface area contributed by atoms with Gasteiger partial charge in [-0.1, -0.05) is 25.5 Å². The fourth-order valence-electron chi connectivity index (χ4n) is 2.80. The largest absolute Gasteiger partial charge is 0.396 e. The van der Waals surface area contributed by atoms with Gasteiger partial charge < -0.3 is 10.0 Å². The molecule has 130 valence electrons. The zero-order chi connectivity index (χ0) is 16.7. The predicted molar refractivity (Wildman–Crippen MR) is 94.0 cm³/mol. The molecular formula is C17H28N2O3S. The van der Waals surface area contributed by atoms with E-state index < -0.39 is 10.0 Å². The summed E-state index contributed by atoms with van der Waals surface area (Å²) in [7, 11) is -3.17. The molecule has 0 aromatic heterocycles. The minimum absolute atomic E-state index is 0.196. The van der Waals surface area contributed by atoms with Gasteiger partial charge in [0.2, 0.25) is 10.0 Å². The summed E-state index contributed by atoms with van der Waals surface area (Å²) < 4.78 is 26.2. The van der Waals surface area contributed by atoms with Crippen LogP contribution in [0.1, 0.15) is 38.2 Å². The lowest BCUT2D eigenvalue weighted by molar-refractivity contribution is 0.203. The lowest BCUT2D eigenvalue weighted by Gasteiger charge is -2.33. The Hall–Kier alpha value is -1.11. The van der Waals surface area contributed by atoms with E-state index in [2.05, 4.69) is 21.8 Å². The predicted octanol–water partition coefficient (Wildman–Crippen LogP) is 2.11. The second-order valence-corrected chi connectivity index (χ2v) is 8.20. The molecule has 23 heavy (non-hydrogen) atoms. The Morgan fingerprint density at radius 2 is 1.87 bits per heavy atom. The first-order chi connectivity index (χ1) is 11.0. The maximum Gasteiger partial charge on any atom is 0.211 e. The molecule has 0 radical (unpaired) electrons. The van der Waals surface area contributed by atoms with E-state index in [1.165, 1.54) is 5.69 Å². The Morgan fingerprint density at radius 3 is 2.43 bits per heavy atom. The Labute approximate surface area is 139 Å². The molecule has 6 heteroatoms. The third-order valence-electron chi connectivity index (χ3n) is 4.44. The monoisotopic (exact) mass is 340 g/mol. The smallest absolute Gasteiger partial charge is 0.211 e. The van der Waals surface area contributed by atoms with Crippen molar-refractivity contribution < 1.29 is 13.5 Å². The second kappa shape index (κ2) is 8.66. The summed E-state index contributed by atoms with van der Waals surface area (Å²) >= 11 is 0. The topological polar surface area (TPSA) is 69.6 Å². The molecule has 0 aliphatic carbocycles. The van der Waals surface area contributed by atoms with Gasteiger partial charge in [-0.05, 0) is 42.9 Å². The van der Waals surface area contributed by atoms with Gasteiger partial charge in [-0.2, -0.15) is 0 Å². The first kappa shape index (κ1) is 18.2. The number of aliphatic hydroxyl groups is 1. The minimum Gasteiger partial charge on any atom is -0.396 e. The quantitative estimate of drug-likeness (QED) is 0.760. The van der Waals surface area contributed by atoms with Gasteiger partial charge in [0.05, 0.1) is 5.75 Å². The molecule has 2 N–H and O–H groups in total. The fourth-order valence-corrected chi connectivity index (χ4v) is 4.00. The van der Waals surface area contributed by atoms with Gasteiger partial charge in [0, 0.05) is 31.9 Å². The Bertz CT molecular complexity index is 564. The lowest BCUT2D eigenvalue weighted by Crippen LogP contribution is -2.34. The van der Waals surface area contributed by atoms with E-state index in [9.17, 15) is 13.5 Å². The summed E-state index contributed by atoms with van der Waals surface area (Å²) in [5.74, 6) is 0.629. The second-order valence-electron chi connectivity index (χ2n) is 6.27. The van der Waals surface area contributed by atoms with E-state index in [1.807, 2.05) is 19.1 Å². The molecule has 1 fully saturated rings. The number of unbranched alkanes of at least 4 members (excludes halogenated alkanes) is 1. The van der Waals surface area contributed by atoms with Crippen LogP contribution in [0.15, 0.2) is 24.3 Å². The molecule has 1 saturated heterocycles. The average molecular weight is 340 g/mol. The molecule has 0 bridgehead atoms. The van der Waals surface area contributed by atoms with Crippen molar-refractivity contribution in [2.45, 2.75) is 39.2 Å². The number of rotatable bonds is 8. The van der Waals surface area contributed by atoms with E-state index in [0.717, 1.165) is 37.9 Å². The maximum atomic E-state index is 11.8. The summed E-state index contributed by atoms with van der Waals surface area (Å²) in [4.78, 5) is 2.32. The number of hydrogen-bond acceptors (Lipinski definition) is 4. The van der Waals surface area contributed by atoms with Crippen molar-refractivity contribution in [2.24, 2.45) is 5.92 Å². The van der Waals surface area contributed by atoms with E-state index in [4.69, 9.17) is 0 Å². The normalized spacial score (nSPS) is 16.7. The third-order valence-corrected chi connectivity index (χ3v) is 5.85. The van der Waals surface area contributed by atoms with Crippen LogP contribution in [0.4, 0.5) is 5.69 Å². The van der Waals surface area contributed by atoms with Crippen LogP contribution in [0.5, 0.6) is 0 Å². The molecule has 1 heterocycles. The highest BCUT2D eigenvalue weighted by Crippen LogP contribution is 2.23. The number of sulfonamides is 1. The Morgan fingerprint density at radius 1 is 1.22 bits per heavy atom. The Kier molecular flexibility index (Phi) is 6.87. The molecule has 2 rings (SSSR count). The highest BCUT2D eigenvalue weighted by Gasteiger charge is 2.18. The molecule has 1 aromatic rings.